The lowest BCUT2D eigenvalue weighted by atomic mass is 10.2. The van der Waals surface area contributed by atoms with Crippen molar-refractivity contribution >= 4 is 5.69 Å². The van der Waals surface area contributed by atoms with E-state index >= 15 is 0 Å². The largest absolute Gasteiger partial charge is 0.307 e. The highest BCUT2D eigenvalue weighted by atomic mass is 16.6. The fourth-order valence-electron chi connectivity index (χ4n) is 1.67. The second-order valence-electron chi connectivity index (χ2n) is 4.12. The summed E-state index contributed by atoms with van der Waals surface area (Å²) in [5.41, 5.74) is 2.03. The Hall–Kier alpha value is -2.34. The molecule has 1 aromatic carbocycles. The standard InChI is InChI=1S/C13H14N4O2/c1-10-15-7-6-12(16-10)9-14-8-11-2-4-13(5-3-11)17(18)19/h2-7,14H,8-9H2,1H3. The van der Waals surface area contributed by atoms with E-state index in [2.05, 4.69) is 15.3 Å². The highest BCUT2D eigenvalue weighted by Crippen LogP contribution is 2.11. The molecule has 2 rings (SSSR count). The molecule has 0 fully saturated rings. The van der Waals surface area contributed by atoms with Crippen molar-refractivity contribution in [1.82, 2.24) is 15.3 Å². The molecular weight excluding hydrogens is 244 g/mol. The third-order valence-corrected chi connectivity index (χ3v) is 2.62. The fraction of sp³-hybridized carbons (Fsp3) is 0.231. The molecule has 0 aliphatic heterocycles. The summed E-state index contributed by atoms with van der Waals surface area (Å²) >= 11 is 0. The highest BCUT2D eigenvalue weighted by Gasteiger charge is 2.03. The van der Waals surface area contributed by atoms with E-state index in [9.17, 15) is 10.1 Å². The van der Waals surface area contributed by atoms with Crippen LogP contribution in [0.15, 0.2) is 36.5 Å². The third kappa shape index (κ3) is 3.82. The summed E-state index contributed by atoms with van der Waals surface area (Å²) in [5, 5.41) is 13.8. The average Bonchev–Trinajstić information content (AvgIpc) is 2.39. The molecule has 0 atom stereocenters. The van der Waals surface area contributed by atoms with Crippen molar-refractivity contribution in [1.29, 1.82) is 0 Å². The first kappa shape index (κ1) is 13.1. The second kappa shape index (κ2) is 6.01. The van der Waals surface area contributed by atoms with Crippen LogP contribution in [0.2, 0.25) is 0 Å². The van der Waals surface area contributed by atoms with Crippen LogP contribution >= 0.6 is 0 Å². The molecule has 6 heteroatoms. The summed E-state index contributed by atoms with van der Waals surface area (Å²) in [4.78, 5) is 18.4. The predicted octanol–water partition coefficient (Wildman–Crippen LogP) is 1.98. The number of nitro groups is 1. The smallest absolute Gasteiger partial charge is 0.269 e. The van der Waals surface area contributed by atoms with E-state index in [1.165, 1.54) is 12.1 Å². The third-order valence-electron chi connectivity index (χ3n) is 2.62. The molecule has 1 N–H and O–H groups in total. The Morgan fingerprint density at radius 3 is 2.58 bits per heavy atom. The number of non-ortho nitro benzene ring substituents is 1. The Labute approximate surface area is 110 Å². The lowest BCUT2D eigenvalue weighted by molar-refractivity contribution is -0.384. The zero-order chi connectivity index (χ0) is 13.7. The van der Waals surface area contributed by atoms with Crippen molar-refractivity contribution in [3.8, 4) is 0 Å². The van der Waals surface area contributed by atoms with Crippen LogP contribution in [-0.2, 0) is 13.1 Å². The van der Waals surface area contributed by atoms with Gasteiger partial charge in [0.1, 0.15) is 5.82 Å². The van der Waals surface area contributed by atoms with Gasteiger partial charge in [-0.15, -0.1) is 0 Å². The SMILES string of the molecule is Cc1nccc(CNCc2ccc([N+](=O)[O-])cc2)n1. The summed E-state index contributed by atoms with van der Waals surface area (Å²) in [6, 6.07) is 8.36. The molecule has 2 aromatic rings. The number of nitrogens with one attached hydrogen (secondary N) is 1. The minimum absolute atomic E-state index is 0.107. The van der Waals surface area contributed by atoms with Gasteiger partial charge in [-0.25, -0.2) is 9.97 Å². The van der Waals surface area contributed by atoms with Crippen LogP contribution in [0.5, 0.6) is 0 Å². The lowest BCUT2D eigenvalue weighted by Gasteiger charge is -2.04. The number of nitrogens with zero attached hydrogens (tertiary/aromatic N) is 3. The van der Waals surface area contributed by atoms with E-state index in [1.54, 1.807) is 18.3 Å². The molecule has 1 heterocycles. The molecule has 19 heavy (non-hydrogen) atoms. The van der Waals surface area contributed by atoms with Gasteiger partial charge in [0, 0.05) is 31.4 Å². The summed E-state index contributed by atoms with van der Waals surface area (Å²) in [6.45, 7) is 3.13. The number of nitro benzene ring substituents is 1. The lowest BCUT2D eigenvalue weighted by Crippen LogP contribution is -2.14. The molecule has 0 saturated carbocycles. The molecule has 0 aliphatic rings. The molecule has 0 radical (unpaired) electrons. The van der Waals surface area contributed by atoms with Gasteiger partial charge in [0.2, 0.25) is 0 Å². The Morgan fingerprint density at radius 1 is 1.21 bits per heavy atom. The van der Waals surface area contributed by atoms with Crippen molar-refractivity contribution in [3.63, 3.8) is 0 Å². The van der Waals surface area contributed by atoms with E-state index in [1.807, 2.05) is 13.0 Å². The van der Waals surface area contributed by atoms with Crippen LogP contribution < -0.4 is 5.32 Å². The van der Waals surface area contributed by atoms with Crippen molar-refractivity contribution in [2.45, 2.75) is 20.0 Å². The van der Waals surface area contributed by atoms with Crippen LogP contribution in [0, 0.1) is 17.0 Å². The van der Waals surface area contributed by atoms with Crippen molar-refractivity contribution in [2.75, 3.05) is 0 Å². The predicted molar refractivity (Wildman–Crippen MR) is 70.4 cm³/mol. The molecular formula is C13H14N4O2. The molecule has 0 saturated heterocycles. The molecule has 0 amide bonds. The number of rotatable bonds is 5. The average molecular weight is 258 g/mol. The fourth-order valence-corrected chi connectivity index (χ4v) is 1.67. The molecule has 98 valence electrons. The topological polar surface area (TPSA) is 81.0 Å². The Bertz CT molecular complexity index is 569. The van der Waals surface area contributed by atoms with Crippen LogP contribution in [0.25, 0.3) is 0 Å². The van der Waals surface area contributed by atoms with E-state index in [4.69, 9.17) is 0 Å². The second-order valence-corrected chi connectivity index (χ2v) is 4.12. The van der Waals surface area contributed by atoms with E-state index in [0.717, 1.165) is 17.1 Å². The normalized spacial score (nSPS) is 10.4. The molecule has 0 spiro atoms. The monoisotopic (exact) mass is 258 g/mol. The summed E-state index contributed by atoms with van der Waals surface area (Å²) in [5.74, 6) is 0.745. The number of benzene rings is 1. The van der Waals surface area contributed by atoms with Gasteiger partial charge >= 0.3 is 0 Å². The van der Waals surface area contributed by atoms with E-state index in [-0.39, 0.29) is 5.69 Å². The van der Waals surface area contributed by atoms with Gasteiger partial charge in [-0.3, -0.25) is 10.1 Å². The van der Waals surface area contributed by atoms with Gasteiger partial charge in [0.25, 0.3) is 5.69 Å². The molecule has 0 unspecified atom stereocenters. The van der Waals surface area contributed by atoms with Gasteiger partial charge in [0.05, 0.1) is 10.6 Å². The Kier molecular flexibility index (Phi) is 4.15. The number of aryl methyl sites for hydroxylation is 1. The molecule has 0 aliphatic carbocycles. The number of aromatic nitrogens is 2. The van der Waals surface area contributed by atoms with Gasteiger partial charge in [-0.05, 0) is 18.6 Å². The van der Waals surface area contributed by atoms with Crippen LogP contribution in [-0.4, -0.2) is 14.9 Å². The quantitative estimate of drug-likeness (QED) is 0.655. The van der Waals surface area contributed by atoms with Crippen molar-refractivity contribution in [2.24, 2.45) is 0 Å². The Balaban J connectivity index is 1.87. The first-order chi connectivity index (χ1) is 9.15. The maximum Gasteiger partial charge on any atom is 0.269 e. The molecule has 0 bridgehead atoms. The zero-order valence-corrected chi connectivity index (χ0v) is 10.5. The van der Waals surface area contributed by atoms with Crippen molar-refractivity contribution in [3.05, 3.63) is 63.7 Å². The maximum absolute atomic E-state index is 10.5. The van der Waals surface area contributed by atoms with E-state index in [0.29, 0.717) is 13.1 Å². The van der Waals surface area contributed by atoms with Gasteiger partial charge in [-0.2, -0.15) is 0 Å². The first-order valence-electron chi connectivity index (χ1n) is 5.88. The highest BCUT2D eigenvalue weighted by molar-refractivity contribution is 5.32. The molecule has 6 nitrogen and oxygen atoms in total. The van der Waals surface area contributed by atoms with Crippen LogP contribution in [0.3, 0.4) is 0 Å². The minimum atomic E-state index is -0.402. The first-order valence-corrected chi connectivity index (χ1v) is 5.88. The zero-order valence-electron chi connectivity index (χ0n) is 10.5. The summed E-state index contributed by atoms with van der Waals surface area (Å²) < 4.78 is 0. The van der Waals surface area contributed by atoms with Gasteiger partial charge in [0.15, 0.2) is 0 Å². The molecule has 1 aromatic heterocycles. The minimum Gasteiger partial charge on any atom is -0.307 e. The number of hydrogen-bond donors (Lipinski definition) is 1. The van der Waals surface area contributed by atoms with Crippen LogP contribution in [0.1, 0.15) is 17.1 Å². The summed E-state index contributed by atoms with van der Waals surface area (Å²) in [7, 11) is 0. The van der Waals surface area contributed by atoms with E-state index < -0.39 is 4.92 Å². The van der Waals surface area contributed by atoms with Gasteiger partial charge < -0.3 is 5.32 Å². The number of hydrogen-bond acceptors (Lipinski definition) is 5. The Morgan fingerprint density at radius 2 is 1.95 bits per heavy atom. The van der Waals surface area contributed by atoms with Crippen molar-refractivity contribution < 1.29 is 4.92 Å². The van der Waals surface area contributed by atoms with Crippen LogP contribution in [0.4, 0.5) is 5.69 Å². The summed E-state index contributed by atoms with van der Waals surface area (Å²) in [6.07, 6.45) is 1.73. The maximum atomic E-state index is 10.5. The van der Waals surface area contributed by atoms with Gasteiger partial charge in [-0.1, -0.05) is 12.1 Å².